The number of aryl methyl sites for hydroxylation is 3. The van der Waals surface area contributed by atoms with E-state index < -0.39 is 17.2 Å². The number of fused-ring (bicyclic) bond motifs is 3. The molecular formula is C31H34N8O3. The molecular weight excluding hydrogens is 532 g/mol. The summed E-state index contributed by atoms with van der Waals surface area (Å²) < 4.78 is 0. The molecule has 3 aromatic rings. The Morgan fingerprint density at radius 3 is 2.19 bits per heavy atom. The number of nitrogens with two attached hydrogens (primary N) is 2. The van der Waals surface area contributed by atoms with Gasteiger partial charge in [-0.05, 0) is 95.7 Å². The lowest BCUT2D eigenvalue weighted by Crippen LogP contribution is -2.37. The van der Waals surface area contributed by atoms with Gasteiger partial charge in [-0.2, -0.15) is 4.80 Å². The van der Waals surface area contributed by atoms with Crippen LogP contribution in [0.25, 0.3) is 4.85 Å². The molecule has 2 aliphatic carbocycles. The van der Waals surface area contributed by atoms with E-state index >= 15 is 0 Å². The average molecular weight is 567 g/mol. The molecule has 1 aliphatic heterocycles. The lowest BCUT2D eigenvalue weighted by molar-refractivity contribution is -0.132. The van der Waals surface area contributed by atoms with E-state index in [0.717, 1.165) is 35.1 Å². The lowest BCUT2D eigenvalue weighted by atomic mass is 9.66. The molecule has 1 saturated carbocycles. The molecule has 2 fully saturated rings. The van der Waals surface area contributed by atoms with Crippen molar-refractivity contribution in [3.63, 3.8) is 0 Å². The second-order valence-corrected chi connectivity index (χ2v) is 12.0. The molecule has 4 atom stereocenters. The Labute approximate surface area is 244 Å². The van der Waals surface area contributed by atoms with Crippen molar-refractivity contribution in [2.75, 3.05) is 0 Å². The van der Waals surface area contributed by atoms with E-state index in [2.05, 4.69) is 22.1 Å². The molecule has 6 rings (SSSR count). The SMILES string of the molecule is [C-]#[N+][C@@H]1C[C@@H]2C[C@@H]2N1C(=O)CC[C@H](C)CC1(c2nnn(C)n2)c2ccc(C(N)=O)cc2CCc2cc(C(N)=O)ccc21. The number of rotatable bonds is 8. The van der Waals surface area contributed by atoms with Crippen molar-refractivity contribution < 1.29 is 14.4 Å². The van der Waals surface area contributed by atoms with Gasteiger partial charge in [0.15, 0.2) is 5.82 Å². The van der Waals surface area contributed by atoms with Crippen molar-refractivity contribution in [3.8, 4) is 0 Å². The molecule has 2 aromatic carbocycles. The minimum atomic E-state index is -0.876. The van der Waals surface area contributed by atoms with Crippen LogP contribution in [-0.2, 0) is 30.1 Å². The van der Waals surface area contributed by atoms with Gasteiger partial charge in [-0.25, -0.2) is 6.57 Å². The Hall–Kier alpha value is -4.59. The van der Waals surface area contributed by atoms with Crippen molar-refractivity contribution >= 4 is 17.7 Å². The number of carbonyl (C=O) groups excluding carboxylic acids is 3. The summed E-state index contributed by atoms with van der Waals surface area (Å²) in [6, 6.07) is 11.2. The van der Waals surface area contributed by atoms with Crippen molar-refractivity contribution in [3.05, 3.63) is 87.0 Å². The number of piperidine rings is 1. The molecule has 0 spiro atoms. The minimum Gasteiger partial charge on any atom is -0.366 e. The second kappa shape index (κ2) is 10.4. The Morgan fingerprint density at radius 2 is 1.67 bits per heavy atom. The van der Waals surface area contributed by atoms with Gasteiger partial charge >= 0.3 is 6.17 Å². The highest BCUT2D eigenvalue weighted by Crippen LogP contribution is 2.50. The van der Waals surface area contributed by atoms with Crippen LogP contribution in [0.2, 0.25) is 0 Å². The third-order valence-electron chi connectivity index (χ3n) is 9.27. The molecule has 42 heavy (non-hydrogen) atoms. The van der Waals surface area contributed by atoms with Crippen molar-refractivity contribution in [1.82, 2.24) is 25.1 Å². The molecule has 11 heteroatoms. The zero-order valence-electron chi connectivity index (χ0n) is 23.8. The number of amides is 3. The van der Waals surface area contributed by atoms with Crippen LogP contribution < -0.4 is 11.5 Å². The van der Waals surface area contributed by atoms with E-state index in [0.29, 0.717) is 55.0 Å². The van der Waals surface area contributed by atoms with Gasteiger partial charge in [0.1, 0.15) is 0 Å². The zero-order chi connectivity index (χ0) is 29.8. The Balaban J connectivity index is 1.42. The van der Waals surface area contributed by atoms with Gasteiger partial charge in [0, 0.05) is 30.0 Å². The lowest BCUT2D eigenvalue weighted by Gasteiger charge is -2.36. The number of carbonyl (C=O) groups is 3. The molecule has 11 nitrogen and oxygen atoms in total. The maximum Gasteiger partial charge on any atom is 0.301 e. The Morgan fingerprint density at radius 1 is 1.05 bits per heavy atom. The number of primary amides is 2. The number of hydrogen-bond donors (Lipinski definition) is 2. The molecule has 0 bridgehead atoms. The Bertz CT molecular complexity index is 1570. The first-order valence-corrected chi connectivity index (χ1v) is 14.4. The molecule has 0 radical (unpaired) electrons. The summed E-state index contributed by atoms with van der Waals surface area (Å²) in [5.41, 5.74) is 15.0. The first-order valence-electron chi connectivity index (χ1n) is 14.4. The summed E-state index contributed by atoms with van der Waals surface area (Å²) in [7, 11) is 1.71. The van der Waals surface area contributed by atoms with Crippen molar-refractivity contribution in [2.45, 2.75) is 69.5 Å². The van der Waals surface area contributed by atoms with Gasteiger partial charge < -0.3 is 11.5 Å². The quantitative estimate of drug-likeness (QED) is 0.399. The monoisotopic (exact) mass is 566 g/mol. The maximum absolute atomic E-state index is 13.3. The van der Waals surface area contributed by atoms with Crippen molar-refractivity contribution in [1.29, 1.82) is 0 Å². The van der Waals surface area contributed by atoms with Crippen LogP contribution in [0.15, 0.2) is 36.4 Å². The highest BCUT2D eigenvalue weighted by atomic mass is 16.2. The predicted molar refractivity (Wildman–Crippen MR) is 153 cm³/mol. The third-order valence-corrected chi connectivity index (χ3v) is 9.27. The molecule has 3 aliphatic rings. The number of nitrogens with zero attached hydrogens (tertiary/aromatic N) is 6. The summed E-state index contributed by atoms with van der Waals surface area (Å²) in [5.74, 6) is 0.0303. The van der Waals surface area contributed by atoms with Crippen LogP contribution in [0.4, 0.5) is 0 Å². The smallest absolute Gasteiger partial charge is 0.301 e. The third kappa shape index (κ3) is 4.61. The van der Waals surface area contributed by atoms with Gasteiger partial charge in [-0.1, -0.05) is 19.1 Å². The summed E-state index contributed by atoms with van der Waals surface area (Å²) in [5, 5.41) is 13.4. The molecule has 216 valence electrons. The predicted octanol–water partition coefficient (Wildman–Crippen LogP) is 2.51. The first-order chi connectivity index (χ1) is 20.1. The van der Waals surface area contributed by atoms with E-state index in [1.54, 1.807) is 19.2 Å². The Kier molecular flexibility index (Phi) is 6.80. The highest BCUT2D eigenvalue weighted by molar-refractivity contribution is 5.94. The van der Waals surface area contributed by atoms with E-state index in [9.17, 15) is 14.4 Å². The van der Waals surface area contributed by atoms with Crippen LogP contribution in [-0.4, -0.2) is 55.0 Å². The molecule has 3 amide bonds. The van der Waals surface area contributed by atoms with E-state index in [1.165, 1.54) is 4.80 Å². The van der Waals surface area contributed by atoms with Crippen LogP contribution in [0.1, 0.15) is 87.8 Å². The standard InChI is InChI=1S/C31H34N8O3/c1-17(4-11-27(40)39-25-14-22(25)15-26(39)34-2)16-31(30-35-37-38(3)36-30)23-9-7-20(28(32)41)12-18(23)5-6-19-13-21(29(33)42)8-10-24(19)31/h7-10,12-13,17,22,25-26H,4-6,11,14-16H2,1,3H3,(H2,32,41)(H2,33,42)/t17-,22-,25-,26-/m0/s1. The molecule has 4 N–H and O–H groups in total. The molecule has 2 heterocycles. The molecule has 0 unspecified atom stereocenters. The zero-order valence-corrected chi connectivity index (χ0v) is 23.8. The fraction of sp³-hybridized carbons (Fsp3) is 0.452. The van der Waals surface area contributed by atoms with Gasteiger partial charge in [0.2, 0.25) is 17.7 Å². The number of benzene rings is 2. The van der Waals surface area contributed by atoms with Gasteiger partial charge in [0.05, 0.1) is 12.5 Å². The van der Waals surface area contributed by atoms with Crippen LogP contribution in [0, 0.1) is 18.4 Å². The van der Waals surface area contributed by atoms with Gasteiger partial charge in [-0.3, -0.25) is 24.1 Å². The summed E-state index contributed by atoms with van der Waals surface area (Å²) in [6.07, 6.45) is 4.17. The summed E-state index contributed by atoms with van der Waals surface area (Å²) in [6.45, 7) is 9.65. The molecule has 1 aromatic heterocycles. The fourth-order valence-electron chi connectivity index (χ4n) is 7.18. The summed E-state index contributed by atoms with van der Waals surface area (Å²) in [4.78, 5) is 44.5. The topological polar surface area (TPSA) is 154 Å². The average Bonchev–Trinajstić information content (AvgIpc) is 3.46. The van der Waals surface area contributed by atoms with Gasteiger partial charge in [0.25, 0.3) is 0 Å². The van der Waals surface area contributed by atoms with Crippen molar-refractivity contribution in [2.24, 2.45) is 30.4 Å². The second-order valence-electron chi connectivity index (χ2n) is 12.0. The normalized spacial score (nSPS) is 22.2. The fourth-order valence-corrected chi connectivity index (χ4v) is 7.18. The largest absolute Gasteiger partial charge is 0.366 e. The van der Waals surface area contributed by atoms with Crippen LogP contribution in [0.3, 0.4) is 0 Å². The van der Waals surface area contributed by atoms with E-state index in [4.69, 9.17) is 23.1 Å². The first kappa shape index (κ1) is 27.6. The van der Waals surface area contributed by atoms with Crippen LogP contribution >= 0.6 is 0 Å². The molecule has 1 saturated heterocycles. The highest BCUT2D eigenvalue weighted by Gasteiger charge is 2.57. The number of likely N-dealkylation sites (tertiary alicyclic amines) is 1. The maximum atomic E-state index is 13.3. The van der Waals surface area contributed by atoms with E-state index in [-0.39, 0.29) is 24.0 Å². The number of aromatic nitrogens is 4. The minimum absolute atomic E-state index is 0.0344. The van der Waals surface area contributed by atoms with Gasteiger partial charge in [-0.15, -0.1) is 10.2 Å². The summed E-state index contributed by atoms with van der Waals surface area (Å²) >= 11 is 0. The van der Waals surface area contributed by atoms with E-state index in [1.807, 2.05) is 29.2 Å². The van der Waals surface area contributed by atoms with Crippen LogP contribution in [0.5, 0.6) is 0 Å². The number of hydrogen-bond acceptors (Lipinski definition) is 6. The number of tetrazole rings is 1.